The predicted molar refractivity (Wildman–Crippen MR) is 119 cm³/mol. The lowest BCUT2D eigenvalue weighted by Crippen LogP contribution is -2.61. The number of nitrogens with zero attached hydrogens (tertiary/aromatic N) is 2. The molecule has 9 nitrogen and oxygen atoms in total. The van der Waals surface area contributed by atoms with E-state index < -0.39 is 30.7 Å². The highest BCUT2D eigenvalue weighted by Crippen LogP contribution is 2.27. The van der Waals surface area contributed by atoms with Gasteiger partial charge in [0.15, 0.2) is 18.5 Å². The summed E-state index contributed by atoms with van der Waals surface area (Å²) in [5.74, 6) is 0. The smallest absolute Gasteiger partial charge is 0.285 e. The highest BCUT2D eigenvalue weighted by atomic mass is 16.7. The highest BCUT2D eigenvalue weighted by Gasteiger charge is 2.48. The van der Waals surface area contributed by atoms with Gasteiger partial charge in [0.1, 0.15) is 6.10 Å². The number of methoxy groups -OCH3 is 1. The van der Waals surface area contributed by atoms with Crippen LogP contribution in [-0.2, 0) is 18.9 Å². The lowest BCUT2D eigenvalue weighted by Gasteiger charge is -2.43. The molecule has 0 unspecified atom stereocenters. The monoisotopic (exact) mass is 430 g/mol. The van der Waals surface area contributed by atoms with Crippen LogP contribution in [0.1, 0.15) is 62.3 Å². The molecule has 1 saturated heterocycles. The van der Waals surface area contributed by atoms with E-state index in [1.165, 1.54) is 7.11 Å². The molecule has 1 rings (SSSR count). The summed E-state index contributed by atoms with van der Waals surface area (Å²) in [6.45, 7) is 17.6. The van der Waals surface area contributed by atoms with Crippen LogP contribution in [0.2, 0.25) is 0 Å². The minimum Gasteiger partial charge on any atom is -0.455 e. The molecular formula is C21H42N4O5. The van der Waals surface area contributed by atoms with Gasteiger partial charge >= 0.3 is 0 Å². The largest absolute Gasteiger partial charge is 0.455 e. The molecule has 1 fully saturated rings. The van der Waals surface area contributed by atoms with Crippen molar-refractivity contribution in [1.82, 2.24) is 10.6 Å². The third kappa shape index (κ3) is 8.65. The molecule has 3 N–H and O–H groups in total. The van der Waals surface area contributed by atoms with Crippen LogP contribution in [0.4, 0.5) is 0 Å². The zero-order valence-electron chi connectivity index (χ0n) is 20.2. The Morgan fingerprint density at radius 1 is 0.833 bits per heavy atom. The number of ether oxygens (including phenoxy) is 4. The molecule has 0 aliphatic carbocycles. The first-order valence-electron chi connectivity index (χ1n) is 10.8. The summed E-state index contributed by atoms with van der Waals surface area (Å²) in [5.41, 5.74) is 0. The van der Waals surface area contributed by atoms with E-state index in [1.807, 2.05) is 55.4 Å². The molecule has 30 heavy (non-hydrogen) atoms. The Labute approximate surface area is 181 Å². The Bertz CT molecular complexity index is 532. The average Bonchev–Trinajstić information content (AvgIpc) is 2.58. The summed E-state index contributed by atoms with van der Waals surface area (Å²) in [6, 6.07) is 0.942. The normalized spacial score (nSPS) is 28.4. The number of hydrogen-bond donors (Lipinski definition) is 3. The number of aliphatic imine (C=N–C) groups is 2. The summed E-state index contributed by atoms with van der Waals surface area (Å²) in [7, 11) is 1.53. The number of hydrogen-bond acceptors (Lipinski definition) is 7. The Hall–Kier alpha value is -1.58. The van der Waals surface area contributed by atoms with E-state index in [9.17, 15) is 5.11 Å². The van der Waals surface area contributed by atoms with Gasteiger partial charge < -0.3 is 34.7 Å². The van der Waals surface area contributed by atoms with Gasteiger partial charge in [-0.2, -0.15) is 0 Å². The van der Waals surface area contributed by atoms with Crippen molar-refractivity contribution in [2.24, 2.45) is 9.98 Å². The minimum absolute atomic E-state index is 0.0129. The maximum atomic E-state index is 10.9. The van der Waals surface area contributed by atoms with E-state index in [2.05, 4.69) is 20.6 Å². The third-order valence-electron chi connectivity index (χ3n) is 4.06. The van der Waals surface area contributed by atoms with Gasteiger partial charge in [-0.25, -0.2) is 9.98 Å². The van der Waals surface area contributed by atoms with Gasteiger partial charge in [-0.05, 0) is 62.3 Å². The summed E-state index contributed by atoms with van der Waals surface area (Å²) in [6.07, 6.45) is -3.76. The van der Waals surface area contributed by atoms with Crippen molar-refractivity contribution in [1.29, 1.82) is 0 Å². The molecule has 0 aromatic heterocycles. The second-order valence-corrected chi connectivity index (χ2v) is 8.75. The van der Waals surface area contributed by atoms with Gasteiger partial charge in [0, 0.05) is 31.3 Å². The quantitative estimate of drug-likeness (QED) is 0.419. The predicted octanol–water partition coefficient (Wildman–Crippen LogP) is 2.03. The Kier molecular flexibility index (Phi) is 10.9. The molecule has 5 atom stereocenters. The molecule has 0 aromatic carbocycles. The van der Waals surface area contributed by atoms with Crippen molar-refractivity contribution < 1.29 is 24.1 Å². The van der Waals surface area contributed by atoms with Crippen LogP contribution < -0.4 is 10.6 Å². The molecule has 1 heterocycles. The molecule has 1 aliphatic heterocycles. The Morgan fingerprint density at radius 2 is 1.27 bits per heavy atom. The van der Waals surface area contributed by atoms with Crippen molar-refractivity contribution in [3.8, 4) is 0 Å². The number of amidine groups is 2. The zero-order chi connectivity index (χ0) is 23.0. The molecule has 0 saturated carbocycles. The summed E-state index contributed by atoms with van der Waals surface area (Å²) >= 11 is 0. The number of rotatable bonds is 7. The van der Waals surface area contributed by atoms with Gasteiger partial charge in [0.25, 0.3) is 12.0 Å². The molecular weight excluding hydrogens is 388 g/mol. The Balaban J connectivity index is 3.26. The third-order valence-corrected chi connectivity index (χ3v) is 4.06. The van der Waals surface area contributed by atoms with Crippen LogP contribution in [-0.4, -0.2) is 79.1 Å². The first-order valence-corrected chi connectivity index (χ1v) is 10.8. The van der Waals surface area contributed by atoms with E-state index in [0.29, 0.717) is 12.0 Å². The summed E-state index contributed by atoms with van der Waals surface area (Å²) < 4.78 is 23.7. The molecule has 176 valence electrons. The van der Waals surface area contributed by atoms with Crippen LogP contribution in [0.5, 0.6) is 0 Å². The first-order chi connectivity index (χ1) is 13.9. The fourth-order valence-electron chi connectivity index (χ4n) is 2.86. The van der Waals surface area contributed by atoms with Gasteiger partial charge in [-0.3, -0.25) is 0 Å². The lowest BCUT2D eigenvalue weighted by molar-refractivity contribution is -0.280. The van der Waals surface area contributed by atoms with Gasteiger partial charge in [-0.15, -0.1) is 0 Å². The van der Waals surface area contributed by atoms with Gasteiger partial charge in [-0.1, -0.05) is 0 Å². The van der Waals surface area contributed by atoms with Crippen LogP contribution >= 0.6 is 0 Å². The maximum absolute atomic E-state index is 10.9. The highest BCUT2D eigenvalue weighted by molar-refractivity contribution is 5.75. The van der Waals surface area contributed by atoms with Crippen LogP contribution in [0.3, 0.4) is 0 Å². The fraction of sp³-hybridized carbons (Fsp3) is 0.905. The second-order valence-electron chi connectivity index (χ2n) is 8.75. The summed E-state index contributed by atoms with van der Waals surface area (Å²) in [4.78, 5) is 9.04. The van der Waals surface area contributed by atoms with Crippen molar-refractivity contribution in [3.05, 3.63) is 0 Å². The van der Waals surface area contributed by atoms with E-state index in [0.717, 1.165) is 0 Å². The summed E-state index contributed by atoms with van der Waals surface area (Å²) in [5, 5.41) is 17.3. The van der Waals surface area contributed by atoms with Gasteiger partial charge in [0.2, 0.25) is 0 Å². The second kappa shape index (κ2) is 12.3. The topological polar surface area (TPSA) is 106 Å². The minimum atomic E-state index is -0.952. The van der Waals surface area contributed by atoms with Gasteiger partial charge in [0.05, 0.1) is 6.10 Å². The molecule has 0 radical (unpaired) electrons. The van der Waals surface area contributed by atoms with E-state index in [1.54, 1.807) is 6.92 Å². The fourth-order valence-corrected chi connectivity index (χ4v) is 2.86. The van der Waals surface area contributed by atoms with Crippen molar-refractivity contribution >= 4 is 12.0 Å². The van der Waals surface area contributed by atoms with Crippen LogP contribution in [0.15, 0.2) is 9.98 Å². The number of aliphatic hydroxyl groups excluding tert-OH is 1. The standard InChI is InChI=1S/C21H42N4O5/c1-11(2)22-20(23-12(3)4)29-17-16(26)15(9)28-19(27-10)18(17)30-21(24-13(5)6)25-14(7)8/h11-19,26H,1-10H3,(H,22,23)(H,24,25)/t15-,16-,17+,18+,19+/m0/s1. The van der Waals surface area contributed by atoms with E-state index in [-0.39, 0.29) is 24.2 Å². The van der Waals surface area contributed by atoms with Crippen LogP contribution in [0, 0.1) is 0 Å². The molecule has 0 amide bonds. The molecule has 1 aliphatic rings. The molecule has 0 aromatic rings. The Morgan fingerprint density at radius 3 is 1.63 bits per heavy atom. The average molecular weight is 431 g/mol. The lowest BCUT2D eigenvalue weighted by atomic mass is 9.99. The van der Waals surface area contributed by atoms with E-state index >= 15 is 0 Å². The SMILES string of the molecule is CO[C@@H]1O[C@@H](C)[C@H](O)[C@@H](OC(=NC(C)C)NC(C)C)[C@H]1OC(=NC(C)C)NC(C)C. The molecule has 0 spiro atoms. The number of nitrogens with one attached hydrogen (secondary N) is 2. The zero-order valence-corrected chi connectivity index (χ0v) is 20.2. The number of aliphatic hydroxyl groups is 1. The van der Waals surface area contributed by atoms with Crippen LogP contribution in [0.25, 0.3) is 0 Å². The molecule has 9 heteroatoms. The molecule has 0 bridgehead atoms. The van der Waals surface area contributed by atoms with E-state index in [4.69, 9.17) is 18.9 Å². The van der Waals surface area contributed by atoms with Crippen molar-refractivity contribution in [3.63, 3.8) is 0 Å². The van der Waals surface area contributed by atoms with Crippen molar-refractivity contribution in [2.75, 3.05) is 7.11 Å². The maximum Gasteiger partial charge on any atom is 0.285 e. The first kappa shape index (κ1) is 26.5. The van der Waals surface area contributed by atoms with Crippen molar-refractivity contribution in [2.45, 2.75) is 117 Å².